The summed E-state index contributed by atoms with van der Waals surface area (Å²) >= 11 is 0. The lowest BCUT2D eigenvalue weighted by Gasteiger charge is -2.29. The van der Waals surface area contributed by atoms with Crippen molar-refractivity contribution < 1.29 is 14.7 Å². The SMILES string of the molecule is CC(C)(C)CCCC(=O)N1CCc2ccc(C(=O)O)cc2C1. The van der Waals surface area contributed by atoms with Crippen LogP contribution in [-0.4, -0.2) is 28.4 Å². The Morgan fingerprint density at radius 3 is 2.59 bits per heavy atom. The van der Waals surface area contributed by atoms with Crippen LogP contribution in [0, 0.1) is 5.41 Å². The fourth-order valence-corrected chi connectivity index (χ4v) is 2.83. The first-order valence-corrected chi connectivity index (χ1v) is 7.89. The lowest BCUT2D eigenvalue weighted by molar-refractivity contribution is -0.132. The van der Waals surface area contributed by atoms with Crippen LogP contribution in [0.1, 0.15) is 61.5 Å². The molecule has 0 bridgehead atoms. The molecular formula is C18H25NO3. The van der Waals surface area contributed by atoms with Crippen LogP contribution in [0.4, 0.5) is 0 Å². The van der Waals surface area contributed by atoms with Gasteiger partial charge in [0.25, 0.3) is 0 Å². The third-order valence-electron chi connectivity index (χ3n) is 4.14. The molecule has 1 aliphatic rings. The molecule has 0 unspecified atom stereocenters. The number of carbonyl (C=O) groups excluding carboxylic acids is 1. The number of fused-ring (bicyclic) bond motifs is 1. The van der Waals surface area contributed by atoms with Crippen molar-refractivity contribution in [2.24, 2.45) is 5.41 Å². The molecular weight excluding hydrogens is 278 g/mol. The van der Waals surface area contributed by atoms with Gasteiger partial charge in [0.15, 0.2) is 0 Å². The minimum Gasteiger partial charge on any atom is -0.478 e. The second-order valence-corrected chi connectivity index (χ2v) is 7.27. The van der Waals surface area contributed by atoms with Crippen LogP contribution < -0.4 is 0 Å². The van der Waals surface area contributed by atoms with Gasteiger partial charge in [-0.05, 0) is 47.9 Å². The first kappa shape index (κ1) is 16.5. The molecule has 0 radical (unpaired) electrons. The zero-order valence-corrected chi connectivity index (χ0v) is 13.7. The summed E-state index contributed by atoms with van der Waals surface area (Å²) in [4.78, 5) is 25.2. The Morgan fingerprint density at radius 1 is 1.23 bits per heavy atom. The highest BCUT2D eigenvalue weighted by Crippen LogP contribution is 2.24. The third kappa shape index (κ3) is 4.33. The van der Waals surface area contributed by atoms with E-state index in [-0.39, 0.29) is 11.3 Å². The summed E-state index contributed by atoms with van der Waals surface area (Å²) in [6.45, 7) is 7.81. The van der Waals surface area contributed by atoms with Gasteiger partial charge in [-0.2, -0.15) is 0 Å². The fourth-order valence-electron chi connectivity index (χ4n) is 2.83. The lowest BCUT2D eigenvalue weighted by atomic mass is 9.89. The number of hydrogen-bond donors (Lipinski definition) is 1. The smallest absolute Gasteiger partial charge is 0.335 e. The van der Waals surface area contributed by atoms with Crippen LogP contribution in [0.5, 0.6) is 0 Å². The van der Waals surface area contributed by atoms with Gasteiger partial charge in [0, 0.05) is 19.5 Å². The molecule has 0 fully saturated rings. The van der Waals surface area contributed by atoms with Crippen molar-refractivity contribution >= 4 is 11.9 Å². The zero-order chi connectivity index (χ0) is 16.3. The largest absolute Gasteiger partial charge is 0.478 e. The van der Waals surface area contributed by atoms with Crippen molar-refractivity contribution in [1.29, 1.82) is 0 Å². The van der Waals surface area contributed by atoms with Gasteiger partial charge in [0.05, 0.1) is 5.56 Å². The number of carbonyl (C=O) groups is 2. The number of amides is 1. The maximum absolute atomic E-state index is 12.3. The molecule has 4 heteroatoms. The highest BCUT2D eigenvalue weighted by molar-refractivity contribution is 5.88. The van der Waals surface area contributed by atoms with Crippen LogP contribution in [0.2, 0.25) is 0 Å². The molecule has 2 rings (SSSR count). The Bertz CT molecular complexity index is 572. The number of carboxylic acid groups (broad SMARTS) is 1. The molecule has 0 aliphatic carbocycles. The maximum Gasteiger partial charge on any atom is 0.335 e. The minimum absolute atomic E-state index is 0.177. The molecule has 1 aromatic rings. The van der Waals surface area contributed by atoms with Crippen LogP contribution in [-0.2, 0) is 17.8 Å². The summed E-state index contributed by atoms with van der Waals surface area (Å²) < 4.78 is 0. The standard InChI is InChI=1S/C18H25NO3/c1-18(2,3)9-4-5-16(20)19-10-8-13-6-7-14(17(21)22)11-15(13)12-19/h6-7,11H,4-5,8-10,12H2,1-3H3,(H,21,22). The molecule has 0 saturated heterocycles. The van der Waals surface area contributed by atoms with Crippen molar-refractivity contribution in [3.63, 3.8) is 0 Å². The monoisotopic (exact) mass is 303 g/mol. The molecule has 0 saturated carbocycles. The fraction of sp³-hybridized carbons (Fsp3) is 0.556. The number of aromatic carboxylic acids is 1. The Labute approximate surface area is 132 Å². The van der Waals surface area contributed by atoms with Crippen molar-refractivity contribution in [2.45, 2.75) is 53.0 Å². The second-order valence-electron chi connectivity index (χ2n) is 7.27. The molecule has 0 spiro atoms. The van der Waals surface area contributed by atoms with E-state index in [4.69, 9.17) is 5.11 Å². The van der Waals surface area contributed by atoms with Crippen LogP contribution >= 0.6 is 0 Å². The summed E-state index contributed by atoms with van der Waals surface area (Å²) in [6.07, 6.45) is 3.32. The number of nitrogens with zero attached hydrogens (tertiary/aromatic N) is 1. The predicted molar refractivity (Wildman–Crippen MR) is 85.8 cm³/mol. The van der Waals surface area contributed by atoms with Crippen molar-refractivity contribution in [2.75, 3.05) is 6.54 Å². The lowest BCUT2D eigenvalue weighted by Crippen LogP contribution is -2.36. The molecule has 22 heavy (non-hydrogen) atoms. The summed E-state index contributed by atoms with van der Waals surface area (Å²) in [5, 5.41) is 9.07. The van der Waals surface area contributed by atoms with E-state index in [0.717, 1.165) is 36.9 Å². The van der Waals surface area contributed by atoms with E-state index in [9.17, 15) is 9.59 Å². The number of benzene rings is 1. The normalized spacial score (nSPS) is 14.6. The molecule has 4 nitrogen and oxygen atoms in total. The Hall–Kier alpha value is -1.84. The molecule has 1 aliphatic heterocycles. The highest BCUT2D eigenvalue weighted by atomic mass is 16.4. The molecule has 1 N–H and O–H groups in total. The van der Waals surface area contributed by atoms with E-state index in [1.54, 1.807) is 12.1 Å². The topological polar surface area (TPSA) is 57.6 Å². The predicted octanol–water partition coefficient (Wildman–Crippen LogP) is 3.49. The van der Waals surface area contributed by atoms with E-state index in [1.807, 2.05) is 11.0 Å². The van der Waals surface area contributed by atoms with Gasteiger partial charge in [-0.15, -0.1) is 0 Å². The van der Waals surface area contributed by atoms with Gasteiger partial charge in [-0.25, -0.2) is 4.79 Å². The minimum atomic E-state index is -0.920. The van der Waals surface area contributed by atoms with Gasteiger partial charge in [0.1, 0.15) is 0 Å². The summed E-state index contributed by atoms with van der Waals surface area (Å²) in [7, 11) is 0. The molecule has 0 aromatic heterocycles. The summed E-state index contributed by atoms with van der Waals surface area (Å²) in [6, 6.07) is 5.22. The number of carboxylic acids is 1. The van der Waals surface area contributed by atoms with Crippen LogP contribution in [0.15, 0.2) is 18.2 Å². The quantitative estimate of drug-likeness (QED) is 0.926. The van der Waals surface area contributed by atoms with Crippen molar-refractivity contribution in [3.8, 4) is 0 Å². The summed E-state index contributed by atoms with van der Waals surface area (Å²) in [5.41, 5.74) is 2.67. The first-order valence-electron chi connectivity index (χ1n) is 7.89. The average Bonchev–Trinajstić information content (AvgIpc) is 2.44. The van der Waals surface area contributed by atoms with Gasteiger partial charge in [0.2, 0.25) is 5.91 Å². The van der Waals surface area contributed by atoms with Gasteiger partial charge in [-0.1, -0.05) is 26.8 Å². The van der Waals surface area contributed by atoms with E-state index in [2.05, 4.69) is 20.8 Å². The van der Waals surface area contributed by atoms with Crippen molar-refractivity contribution in [1.82, 2.24) is 4.90 Å². The van der Waals surface area contributed by atoms with Crippen molar-refractivity contribution in [3.05, 3.63) is 34.9 Å². The maximum atomic E-state index is 12.3. The van der Waals surface area contributed by atoms with Crippen LogP contribution in [0.25, 0.3) is 0 Å². The Morgan fingerprint density at radius 2 is 1.95 bits per heavy atom. The number of rotatable bonds is 4. The second kappa shape index (κ2) is 6.51. The molecule has 1 heterocycles. The Balaban J connectivity index is 1.97. The van der Waals surface area contributed by atoms with E-state index < -0.39 is 5.97 Å². The molecule has 1 aromatic carbocycles. The molecule has 120 valence electrons. The highest BCUT2D eigenvalue weighted by Gasteiger charge is 2.22. The zero-order valence-electron chi connectivity index (χ0n) is 13.7. The third-order valence-corrected chi connectivity index (χ3v) is 4.14. The summed E-state index contributed by atoms with van der Waals surface area (Å²) in [5.74, 6) is -0.743. The van der Waals surface area contributed by atoms with E-state index >= 15 is 0 Å². The Kier molecular flexibility index (Phi) is 4.89. The van der Waals surface area contributed by atoms with Gasteiger partial charge < -0.3 is 10.0 Å². The van der Waals surface area contributed by atoms with Gasteiger partial charge >= 0.3 is 5.97 Å². The van der Waals surface area contributed by atoms with E-state index in [1.165, 1.54) is 0 Å². The molecule has 1 amide bonds. The number of hydrogen-bond acceptors (Lipinski definition) is 2. The average molecular weight is 303 g/mol. The van der Waals surface area contributed by atoms with Crippen LogP contribution in [0.3, 0.4) is 0 Å². The van der Waals surface area contributed by atoms with E-state index in [0.29, 0.717) is 18.5 Å². The first-order chi connectivity index (χ1) is 10.3. The van der Waals surface area contributed by atoms with Gasteiger partial charge in [-0.3, -0.25) is 4.79 Å². The molecule has 0 atom stereocenters.